The Kier molecular flexibility index (Phi) is 3.51. The molecule has 0 saturated heterocycles. The number of aryl methyl sites for hydroxylation is 1. The van der Waals surface area contributed by atoms with Gasteiger partial charge in [0.1, 0.15) is 0 Å². The fourth-order valence-electron chi connectivity index (χ4n) is 1.39. The number of nitrogens with zero attached hydrogens (tertiary/aromatic N) is 1. The molecule has 0 amide bonds. The van der Waals surface area contributed by atoms with Crippen LogP contribution < -0.4 is 5.32 Å². The average molecular weight is 238 g/mol. The second kappa shape index (κ2) is 4.88. The van der Waals surface area contributed by atoms with Crippen molar-refractivity contribution < 1.29 is 0 Å². The van der Waals surface area contributed by atoms with E-state index in [-0.39, 0.29) is 0 Å². The van der Waals surface area contributed by atoms with E-state index in [0.29, 0.717) is 6.04 Å². The van der Waals surface area contributed by atoms with Gasteiger partial charge >= 0.3 is 0 Å². The normalized spacial score (nSPS) is 12.9. The summed E-state index contributed by atoms with van der Waals surface area (Å²) < 4.78 is 0. The molecule has 0 aromatic carbocycles. The molecule has 2 aromatic heterocycles. The fourth-order valence-corrected chi connectivity index (χ4v) is 2.75. The summed E-state index contributed by atoms with van der Waals surface area (Å²) in [5.41, 5.74) is 2.49. The Bertz CT molecular complexity index is 406. The van der Waals surface area contributed by atoms with Crippen molar-refractivity contribution in [3.8, 4) is 0 Å². The summed E-state index contributed by atoms with van der Waals surface area (Å²) in [6.07, 6.45) is 0. The van der Waals surface area contributed by atoms with E-state index < -0.39 is 0 Å². The minimum Gasteiger partial charge on any atom is -0.305 e. The van der Waals surface area contributed by atoms with Crippen LogP contribution in [0.4, 0.5) is 0 Å². The van der Waals surface area contributed by atoms with Crippen molar-refractivity contribution in [1.29, 1.82) is 0 Å². The Morgan fingerprint density at radius 2 is 2.33 bits per heavy atom. The zero-order chi connectivity index (χ0) is 10.7. The highest BCUT2D eigenvalue weighted by molar-refractivity contribution is 7.09. The van der Waals surface area contributed by atoms with Crippen LogP contribution in [0.2, 0.25) is 0 Å². The molecule has 15 heavy (non-hydrogen) atoms. The maximum absolute atomic E-state index is 4.42. The summed E-state index contributed by atoms with van der Waals surface area (Å²) in [6.45, 7) is 5.07. The molecule has 2 nitrogen and oxygen atoms in total. The number of aromatic nitrogens is 1. The number of hydrogen-bond donors (Lipinski definition) is 1. The van der Waals surface area contributed by atoms with E-state index in [1.54, 1.807) is 22.7 Å². The molecule has 0 saturated carbocycles. The van der Waals surface area contributed by atoms with E-state index in [0.717, 1.165) is 17.2 Å². The SMILES string of the molecule is Cc1nc(CNC(C)c2ccsc2)cs1. The lowest BCUT2D eigenvalue weighted by atomic mass is 10.2. The molecule has 1 N–H and O–H groups in total. The van der Waals surface area contributed by atoms with Gasteiger partial charge in [0.05, 0.1) is 10.7 Å². The van der Waals surface area contributed by atoms with Gasteiger partial charge in [-0.05, 0) is 36.2 Å². The van der Waals surface area contributed by atoms with Crippen LogP contribution >= 0.6 is 22.7 Å². The van der Waals surface area contributed by atoms with Crippen molar-refractivity contribution in [2.45, 2.75) is 26.4 Å². The van der Waals surface area contributed by atoms with Crippen LogP contribution in [0, 0.1) is 6.92 Å². The van der Waals surface area contributed by atoms with E-state index in [4.69, 9.17) is 0 Å². The summed E-state index contributed by atoms with van der Waals surface area (Å²) in [5.74, 6) is 0. The number of nitrogens with one attached hydrogen (secondary N) is 1. The Morgan fingerprint density at radius 3 is 2.93 bits per heavy atom. The van der Waals surface area contributed by atoms with Crippen molar-refractivity contribution in [2.24, 2.45) is 0 Å². The highest BCUT2D eigenvalue weighted by atomic mass is 32.1. The van der Waals surface area contributed by atoms with Crippen molar-refractivity contribution in [3.05, 3.63) is 38.5 Å². The van der Waals surface area contributed by atoms with Gasteiger partial charge in [0.2, 0.25) is 0 Å². The van der Waals surface area contributed by atoms with E-state index >= 15 is 0 Å². The van der Waals surface area contributed by atoms with Crippen LogP contribution in [0.25, 0.3) is 0 Å². The molecule has 0 spiro atoms. The summed E-state index contributed by atoms with van der Waals surface area (Å²) in [7, 11) is 0. The van der Waals surface area contributed by atoms with Gasteiger partial charge in [-0.25, -0.2) is 4.98 Å². The monoisotopic (exact) mass is 238 g/mol. The minimum absolute atomic E-state index is 0.401. The van der Waals surface area contributed by atoms with Crippen molar-refractivity contribution in [1.82, 2.24) is 10.3 Å². The second-order valence-electron chi connectivity index (χ2n) is 3.52. The maximum atomic E-state index is 4.42. The maximum Gasteiger partial charge on any atom is 0.0897 e. The molecule has 0 fully saturated rings. The van der Waals surface area contributed by atoms with Gasteiger partial charge in [-0.15, -0.1) is 11.3 Å². The Hall–Kier alpha value is -0.710. The number of hydrogen-bond acceptors (Lipinski definition) is 4. The third kappa shape index (κ3) is 2.87. The number of rotatable bonds is 4. The molecular weight excluding hydrogens is 224 g/mol. The molecule has 2 aromatic rings. The third-order valence-electron chi connectivity index (χ3n) is 2.30. The predicted molar refractivity (Wildman–Crippen MR) is 66.4 cm³/mol. The van der Waals surface area contributed by atoms with Gasteiger partial charge < -0.3 is 5.32 Å². The van der Waals surface area contributed by atoms with Gasteiger partial charge in [-0.2, -0.15) is 11.3 Å². The molecule has 1 atom stereocenters. The van der Waals surface area contributed by atoms with E-state index in [9.17, 15) is 0 Å². The highest BCUT2D eigenvalue weighted by Crippen LogP contribution is 2.16. The van der Waals surface area contributed by atoms with Crippen molar-refractivity contribution in [3.63, 3.8) is 0 Å². The lowest BCUT2D eigenvalue weighted by molar-refractivity contribution is 0.570. The summed E-state index contributed by atoms with van der Waals surface area (Å²) in [5, 5.41) is 11.0. The second-order valence-corrected chi connectivity index (χ2v) is 5.36. The summed E-state index contributed by atoms with van der Waals surface area (Å²) in [6, 6.07) is 2.56. The smallest absolute Gasteiger partial charge is 0.0897 e. The first-order valence-corrected chi connectivity index (χ1v) is 6.74. The first kappa shape index (κ1) is 10.8. The molecule has 0 aliphatic carbocycles. The average Bonchev–Trinajstić information content (AvgIpc) is 2.84. The summed E-state index contributed by atoms with van der Waals surface area (Å²) >= 11 is 3.44. The molecule has 4 heteroatoms. The number of thiazole rings is 1. The Labute approximate surface area is 98.0 Å². The molecule has 0 radical (unpaired) electrons. The zero-order valence-corrected chi connectivity index (χ0v) is 10.5. The topological polar surface area (TPSA) is 24.9 Å². The highest BCUT2D eigenvalue weighted by Gasteiger charge is 2.05. The van der Waals surface area contributed by atoms with Crippen LogP contribution in [0.15, 0.2) is 22.2 Å². The van der Waals surface area contributed by atoms with Gasteiger partial charge in [-0.1, -0.05) is 0 Å². The molecular formula is C11H14N2S2. The van der Waals surface area contributed by atoms with Crippen LogP contribution in [-0.2, 0) is 6.54 Å². The lowest BCUT2D eigenvalue weighted by Gasteiger charge is -2.10. The Morgan fingerprint density at radius 1 is 1.47 bits per heavy atom. The fraction of sp³-hybridized carbons (Fsp3) is 0.364. The van der Waals surface area contributed by atoms with Gasteiger partial charge in [-0.3, -0.25) is 0 Å². The summed E-state index contributed by atoms with van der Waals surface area (Å²) in [4.78, 5) is 4.42. The lowest BCUT2D eigenvalue weighted by Crippen LogP contribution is -2.17. The zero-order valence-electron chi connectivity index (χ0n) is 8.86. The van der Waals surface area contributed by atoms with Gasteiger partial charge in [0, 0.05) is 18.0 Å². The van der Waals surface area contributed by atoms with E-state index in [2.05, 4.69) is 39.4 Å². The first-order chi connectivity index (χ1) is 7.25. The van der Waals surface area contributed by atoms with Crippen molar-refractivity contribution >= 4 is 22.7 Å². The minimum atomic E-state index is 0.401. The molecule has 2 heterocycles. The predicted octanol–water partition coefficient (Wildman–Crippen LogP) is 3.36. The molecule has 0 aliphatic heterocycles. The quantitative estimate of drug-likeness (QED) is 0.883. The first-order valence-electron chi connectivity index (χ1n) is 4.92. The molecule has 0 aliphatic rings. The van der Waals surface area contributed by atoms with Crippen molar-refractivity contribution in [2.75, 3.05) is 0 Å². The van der Waals surface area contributed by atoms with E-state index in [1.165, 1.54) is 5.56 Å². The molecule has 0 bridgehead atoms. The number of thiophene rings is 1. The van der Waals surface area contributed by atoms with Crippen LogP contribution in [0.1, 0.15) is 29.2 Å². The third-order valence-corrected chi connectivity index (χ3v) is 3.82. The van der Waals surface area contributed by atoms with Crippen LogP contribution in [-0.4, -0.2) is 4.98 Å². The van der Waals surface area contributed by atoms with Gasteiger partial charge in [0.15, 0.2) is 0 Å². The molecule has 2 rings (SSSR count). The van der Waals surface area contributed by atoms with Crippen LogP contribution in [0.3, 0.4) is 0 Å². The van der Waals surface area contributed by atoms with Gasteiger partial charge in [0.25, 0.3) is 0 Å². The van der Waals surface area contributed by atoms with Crippen LogP contribution in [0.5, 0.6) is 0 Å². The van der Waals surface area contributed by atoms with E-state index in [1.807, 2.05) is 6.92 Å². The Balaban J connectivity index is 1.88. The molecule has 80 valence electrons. The standard InChI is InChI=1S/C11H14N2S2/c1-8(10-3-4-14-6-10)12-5-11-7-15-9(2)13-11/h3-4,6-8,12H,5H2,1-2H3. The molecule has 1 unspecified atom stereocenters. The largest absolute Gasteiger partial charge is 0.305 e.